The molecule has 0 saturated heterocycles. The number of aryl methyl sites for hydroxylation is 2. The number of carboxylic acid groups (broad SMARTS) is 1. The van der Waals surface area contributed by atoms with E-state index in [0.29, 0.717) is 12.4 Å². The van der Waals surface area contributed by atoms with Gasteiger partial charge in [-0.15, -0.1) is 0 Å². The molecule has 0 radical (unpaired) electrons. The van der Waals surface area contributed by atoms with E-state index >= 15 is 0 Å². The van der Waals surface area contributed by atoms with Gasteiger partial charge in [0.1, 0.15) is 17.9 Å². The summed E-state index contributed by atoms with van der Waals surface area (Å²) in [6.45, 7) is 5.14. The number of hydrogen-bond acceptors (Lipinski definition) is 3. The second kappa shape index (κ2) is 6.23. The Morgan fingerprint density at radius 1 is 1.35 bits per heavy atom. The van der Waals surface area contributed by atoms with Crippen molar-refractivity contribution in [1.82, 2.24) is 9.78 Å². The third-order valence-electron chi connectivity index (χ3n) is 3.07. The van der Waals surface area contributed by atoms with Crippen LogP contribution in [0.5, 0.6) is 5.75 Å². The quantitative estimate of drug-likeness (QED) is 0.879. The van der Waals surface area contributed by atoms with Gasteiger partial charge >= 0.3 is 5.97 Å². The van der Waals surface area contributed by atoms with Crippen molar-refractivity contribution >= 4 is 5.97 Å². The lowest BCUT2D eigenvalue weighted by Gasteiger charge is -2.09. The highest BCUT2D eigenvalue weighted by Crippen LogP contribution is 2.19. The van der Waals surface area contributed by atoms with Gasteiger partial charge in [0.25, 0.3) is 0 Å². The molecule has 2 rings (SSSR count). The van der Waals surface area contributed by atoms with E-state index in [9.17, 15) is 4.79 Å². The van der Waals surface area contributed by atoms with Crippen molar-refractivity contribution < 1.29 is 14.6 Å². The normalized spacial score (nSPS) is 10.5. The molecule has 0 aliphatic carbocycles. The van der Waals surface area contributed by atoms with E-state index in [2.05, 4.69) is 5.10 Å². The summed E-state index contributed by atoms with van der Waals surface area (Å²) in [4.78, 5) is 11.1. The lowest BCUT2D eigenvalue weighted by atomic mass is 10.2. The summed E-state index contributed by atoms with van der Waals surface area (Å²) in [6.07, 6.45) is 0.867. The summed E-state index contributed by atoms with van der Waals surface area (Å²) in [6, 6.07) is 8.63. The zero-order chi connectivity index (χ0) is 14.5. The number of carbonyl (C=O) groups is 1. The van der Waals surface area contributed by atoms with Crippen LogP contribution in [0.2, 0.25) is 0 Å². The zero-order valence-electron chi connectivity index (χ0n) is 11.7. The highest BCUT2D eigenvalue weighted by atomic mass is 16.5. The molecule has 2 aromatic rings. The van der Waals surface area contributed by atoms with Crippen LogP contribution in [0.15, 0.2) is 30.3 Å². The van der Waals surface area contributed by atoms with E-state index in [1.807, 2.05) is 24.6 Å². The Hall–Kier alpha value is -2.30. The van der Waals surface area contributed by atoms with Crippen LogP contribution < -0.4 is 4.74 Å². The first-order valence-corrected chi connectivity index (χ1v) is 6.66. The number of ether oxygens (including phenoxy) is 1. The maximum absolute atomic E-state index is 11.1. The molecule has 0 amide bonds. The van der Waals surface area contributed by atoms with Crippen molar-refractivity contribution in [3.05, 3.63) is 47.3 Å². The summed E-state index contributed by atoms with van der Waals surface area (Å²) in [5, 5.41) is 13.5. The first-order valence-electron chi connectivity index (χ1n) is 6.66. The van der Waals surface area contributed by atoms with Gasteiger partial charge in [-0.25, -0.2) is 4.79 Å². The molecule has 0 bridgehead atoms. The average Bonchev–Trinajstić information content (AvgIpc) is 2.87. The predicted molar refractivity (Wildman–Crippen MR) is 75.0 cm³/mol. The van der Waals surface area contributed by atoms with Gasteiger partial charge in [-0.1, -0.05) is 19.1 Å². The molecule has 0 saturated carbocycles. The summed E-state index contributed by atoms with van der Waals surface area (Å²) < 4.78 is 7.52. The van der Waals surface area contributed by atoms with Crippen LogP contribution in [-0.4, -0.2) is 20.9 Å². The molecular weight excluding hydrogens is 256 g/mol. The number of carboxylic acids is 1. The van der Waals surface area contributed by atoms with E-state index in [4.69, 9.17) is 9.84 Å². The van der Waals surface area contributed by atoms with Gasteiger partial charge in [-0.2, -0.15) is 5.10 Å². The molecule has 1 N–H and O–H groups in total. The average molecular weight is 274 g/mol. The number of nitrogens with zero attached hydrogens (tertiary/aromatic N) is 2. The van der Waals surface area contributed by atoms with Crippen LogP contribution in [0.4, 0.5) is 0 Å². The van der Waals surface area contributed by atoms with E-state index < -0.39 is 5.97 Å². The Balaban J connectivity index is 2.16. The van der Waals surface area contributed by atoms with Crippen LogP contribution >= 0.6 is 0 Å². The first kappa shape index (κ1) is 14.1. The van der Waals surface area contributed by atoms with E-state index in [1.165, 1.54) is 6.07 Å². The summed E-state index contributed by atoms with van der Waals surface area (Å²) in [5.41, 5.74) is 2.13. The minimum atomic E-state index is -0.987. The second-order valence-electron chi connectivity index (χ2n) is 4.39. The molecule has 1 aromatic carbocycles. The van der Waals surface area contributed by atoms with Crippen molar-refractivity contribution in [3.63, 3.8) is 0 Å². The van der Waals surface area contributed by atoms with Crippen molar-refractivity contribution in [1.29, 1.82) is 0 Å². The topological polar surface area (TPSA) is 64.3 Å². The molecule has 0 atom stereocenters. The Kier molecular flexibility index (Phi) is 4.40. The predicted octanol–water partition coefficient (Wildman–Crippen LogP) is 2.74. The maximum Gasteiger partial charge on any atom is 0.339 e. The van der Waals surface area contributed by atoms with Crippen LogP contribution in [0.25, 0.3) is 0 Å². The summed E-state index contributed by atoms with van der Waals surface area (Å²) in [7, 11) is 0. The molecule has 0 unspecified atom stereocenters. The Bertz CT molecular complexity index is 605. The van der Waals surface area contributed by atoms with Crippen LogP contribution in [0.3, 0.4) is 0 Å². The number of aromatic nitrogens is 2. The number of para-hydroxylation sites is 1. The number of aromatic carboxylic acids is 1. The number of hydrogen-bond donors (Lipinski definition) is 1. The minimum absolute atomic E-state index is 0.172. The summed E-state index contributed by atoms with van der Waals surface area (Å²) in [5.74, 6) is -0.610. The van der Waals surface area contributed by atoms with Gasteiger partial charge in [0, 0.05) is 6.54 Å². The van der Waals surface area contributed by atoms with Crippen LogP contribution in [0, 0.1) is 0 Å². The molecule has 0 aliphatic heterocycles. The minimum Gasteiger partial charge on any atom is -0.486 e. The largest absolute Gasteiger partial charge is 0.486 e. The molecule has 5 heteroatoms. The molecule has 0 aliphatic rings. The van der Waals surface area contributed by atoms with Gasteiger partial charge in [0.05, 0.1) is 11.4 Å². The lowest BCUT2D eigenvalue weighted by Crippen LogP contribution is -2.08. The van der Waals surface area contributed by atoms with E-state index in [0.717, 1.165) is 24.4 Å². The number of rotatable bonds is 6. The highest BCUT2D eigenvalue weighted by Gasteiger charge is 2.12. The fourth-order valence-electron chi connectivity index (χ4n) is 2.00. The summed E-state index contributed by atoms with van der Waals surface area (Å²) >= 11 is 0. The Morgan fingerprint density at radius 3 is 2.75 bits per heavy atom. The van der Waals surface area contributed by atoms with Gasteiger partial charge in [0.15, 0.2) is 0 Å². The fraction of sp³-hybridized carbons (Fsp3) is 0.333. The molecular formula is C15H18N2O3. The Morgan fingerprint density at radius 2 is 2.10 bits per heavy atom. The van der Waals surface area contributed by atoms with Crippen LogP contribution in [-0.2, 0) is 19.6 Å². The van der Waals surface area contributed by atoms with Crippen molar-refractivity contribution in [2.45, 2.75) is 33.4 Å². The molecule has 20 heavy (non-hydrogen) atoms. The molecule has 5 nitrogen and oxygen atoms in total. The van der Waals surface area contributed by atoms with Gasteiger partial charge in [0.2, 0.25) is 0 Å². The van der Waals surface area contributed by atoms with Crippen molar-refractivity contribution in [2.24, 2.45) is 0 Å². The lowest BCUT2D eigenvalue weighted by molar-refractivity contribution is 0.0691. The zero-order valence-corrected chi connectivity index (χ0v) is 11.7. The monoisotopic (exact) mass is 274 g/mol. The second-order valence-corrected chi connectivity index (χ2v) is 4.39. The van der Waals surface area contributed by atoms with Gasteiger partial charge < -0.3 is 9.84 Å². The Labute approximate surface area is 117 Å². The first-order chi connectivity index (χ1) is 9.65. The van der Waals surface area contributed by atoms with Crippen LogP contribution in [0.1, 0.15) is 35.6 Å². The van der Waals surface area contributed by atoms with E-state index in [1.54, 1.807) is 18.2 Å². The van der Waals surface area contributed by atoms with Crippen molar-refractivity contribution in [2.75, 3.05) is 0 Å². The third kappa shape index (κ3) is 2.99. The number of benzene rings is 1. The standard InChI is InChI=1S/C15H18N2O3/c1-3-11-9-12(17(4-2)16-11)10-20-14-8-6-5-7-13(14)15(18)19/h5-9H,3-4,10H2,1-2H3,(H,18,19). The molecule has 1 heterocycles. The molecule has 1 aromatic heterocycles. The van der Waals surface area contributed by atoms with Crippen molar-refractivity contribution in [3.8, 4) is 5.75 Å². The SMILES string of the molecule is CCc1cc(COc2ccccc2C(=O)O)n(CC)n1. The maximum atomic E-state index is 11.1. The van der Waals surface area contributed by atoms with Gasteiger partial charge in [-0.05, 0) is 31.5 Å². The van der Waals surface area contributed by atoms with E-state index in [-0.39, 0.29) is 5.56 Å². The fourth-order valence-corrected chi connectivity index (χ4v) is 2.00. The molecule has 106 valence electrons. The van der Waals surface area contributed by atoms with Gasteiger partial charge in [-0.3, -0.25) is 4.68 Å². The molecule has 0 fully saturated rings. The molecule has 0 spiro atoms. The third-order valence-corrected chi connectivity index (χ3v) is 3.07. The highest BCUT2D eigenvalue weighted by molar-refractivity contribution is 5.90. The smallest absolute Gasteiger partial charge is 0.339 e.